The number of hydrogen-bond acceptors (Lipinski definition) is 4. The molecule has 0 spiro atoms. The Hall–Kier alpha value is -3.50. The average Bonchev–Trinajstić information content (AvgIpc) is 3.39. The number of halogens is 1. The molecule has 0 aliphatic rings. The van der Waals surface area contributed by atoms with Crippen molar-refractivity contribution in [3.63, 3.8) is 0 Å². The van der Waals surface area contributed by atoms with Crippen LogP contribution < -0.4 is 4.72 Å². The molecule has 10 heteroatoms. The lowest BCUT2D eigenvalue weighted by Crippen LogP contribution is -2.32. The second-order valence-electron chi connectivity index (χ2n) is 7.41. The molecule has 32 heavy (non-hydrogen) atoms. The van der Waals surface area contributed by atoms with Crippen LogP contribution in [-0.4, -0.2) is 46.6 Å². The number of H-pyrrole nitrogens is 1. The summed E-state index contributed by atoms with van der Waals surface area (Å²) in [6.07, 6.45) is 7.01. The van der Waals surface area contributed by atoms with Crippen molar-refractivity contribution in [2.45, 2.75) is 6.92 Å². The quantitative estimate of drug-likeness (QED) is 0.416. The summed E-state index contributed by atoms with van der Waals surface area (Å²) in [7, 11) is -0.658. The van der Waals surface area contributed by atoms with Crippen LogP contribution in [0, 0.1) is 5.82 Å². The van der Waals surface area contributed by atoms with E-state index in [0.717, 1.165) is 15.4 Å². The normalized spacial score (nSPS) is 11.9. The topological polar surface area (TPSA) is 100 Å². The zero-order valence-electron chi connectivity index (χ0n) is 17.8. The van der Waals surface area contributed by atoms with Gasteiger partial charge in [-0.1, -0.05) is 13.0 Å². The zero-order valence-corrected chi connectivity index (χ0v) is 18.6. The Morgan fingerprint density at radius 1 is 1.25 bits per heavy atom. The SMILES string of the molecule is CCN(C)S(=O)(=O)Nc1cccc(C(=O)c2c[nH]c3ncc(-c4ccn(C)c4)cc23)c1F. The molecule has 0 aliphatic carbocycles. The molecule has 0 atom stereocenters. The van der Waals surface area contributed by atoms with E-state index in [1.165, 1.54) is 31.4 Å². The van der Waals surface area contributed by atoms with Gasteiger partial charge in [0.15, 0.2) is 11.6 Å². The number of hydrogen-bond donors (Lipinski definition) is 2. The highest BCUT2D eigenvalue weighted by Crippen LogP contribution is 2.28. The number of aryl methyl sites for hydroxylation is 1. The van der Waals surface area contributed by atoms with E-state index in [4.69, 9.17) is 0 Å². The summed E-state index contributed by atoms with van der Waals surface area (Å²) in [5, 5.41) is 0.549. The molecule has 0 radical (unpaired) electrons. The molecule has 166 valence electrons. The smallest absolute Gasteiger partial charge is 0.301 e. The maximum absolute atomic E-state index is 15.2. The third-order valence-electron chi connectivity index (χ3n) is 5.28. The number of carbonyl (C=O) groups excluding carboxylic acids is 1. The van der Waals surface area contributed by atoms with Crippen LogP contribution >= 0.6 is 0 Å². The van der Waals surface area contributed by atoms with Crippen molar-refractivity contribution in [1.82, 2.24) is 18.8 Å². The van der Waals surface area contributed by atoms with Gasteiger partial charge in [0.05, 0.1) is 11.3 Å². The van der Waals surface area contributed by atoms with Gasteiger partial charge in [-0.3, -0.25) is 9.52 Å². The Bertz CT molecular complexity index is 1420. The third kappa shape index (κ3) is 3.90. The fourth-order valence-corrected chi connectivity index (χ4v) is 4.27. The molecule has 0 aliphatic heterocycles. The number of aromatic amines is 1. The number of pyridine rings is 1. The minimum Gasteiger partial charge on any atom is -0.357 e. The number of ketones is 1. The Labute approximate surface area is 184 Å². The first-order valence-corrected chi connectivity index (χ1v) is 11.3. The van der Waals surface area contributed by atoms with E-state index in [1.807, 2.05) is 36.1 Å². The van der Waals surface area contributed by atoms with Crippen LogP contribution in [-0.2, 0) is 17.3 Å². The van der Waals surface area contributed by atoms with Crippen LogP contribution in [0.15, 0.2) is 55.1 Å². The number of nitrogens with zero attached hydrogens (tertiary/aromatic N) is 3. The van der Waals surface area contributed by atoms with Gasteiger partial charge in [-0.15, -0.1) is 0 Å². The van der Waals surface area contributed by atoms with Crippen molar-refractivity contribution >= 4 is 32.7 Å². The highest BCUT2D eigenvalue weighted by atomic mass is 32.2. The van der Waals surface area contributed by atoms with Crippen LogP contribution in [0.1, 0.15) is 22.8 Å². The molecule has 8 nitrogen and oxygen atoms in total. The van der Waals surface area contributed by atoms with Gasteiger partial charge >= 0.3 is 10.2 Å². The molecule has 1 aromatic carbocycles. The van der Waals surface area contributed by atoms with Crippen molar-refractivity contribution in [3.05, 3.63) is 72.1 Å². The van der Waals surface area contributed by atoms with Gasteiger partial charge in [0, 0.05) is 67.5 Å². The lowest BCUT2D eigenvalue weighted by atomic mass is 10.0. The Morgan fingerprint density at radius 3 is 2.72 bits per heavy atom. The monoisotopic (exact) mass is 455 g/mol. The minimum atomic E-state index is -3.94. The zero-order chi connectivity index (χ0) is 23.0. The Balaban J connectivity index is 1.73. The number of carbonyl (C=O) groups is 1. The lowest BCUT2D eigenvalue weighted by Gasteiger charge is -2.17. The van der Waals surface area contributed by atoms with Crippen molar-refractivity contribution in [1.29, 1.82) is 0 Å². The summed E-state index contributed by atoms with van der Waals surface area (Å²) in [6.45, 7) is 1.87. The minimum absolute atomic E-state index is 0.210. The highest BCUT2D eigenvalue weighted by Gasteiger charge is 2.23. The summed E-state index contributed by atoms with van der Waals surface area (Å²) < 4.78 is 44.9. The fourth-order valence-electron chi connectivity index (χ4n) is 3.34. The van der Waals surface area contributed by atoms with E-state index in [2.05, 4.69) is 14.7 Å². The fraction of sp³-hybridized carbons (Fsp3) is 0.182. The van der Waals surface area contributed by atoms with E-state index < -0.39 is 21.8 Å². The summed E-state index contributed by atoms with van der Waals surface area (Å²) in [5.74, 6) is -1.52. The predicted octanol–water partition coefficient (Wildman–Crippen LogP) is 3.55. The van der Waals surface area contributed by atoms with Gasteiger partial charge in [0.25, 0.3) is 0 Å². The maximum Gasteiger partial charge on any atom is 0.301 e. The first-order chi connectivity index (χ1) is 15.2. The van der Waals surface area contributed by atoms with Crippen molar-refractivity contribution < 1.29 is 17.6 Å². The molecule has 0 unspecified atom stereocenters. The molecule has 2 N–H and O–H groups in total. The van der Waals surface area contributed by atoms with E-state index in [9.17, 15) is 13.2 Å². The molecule has 3 aromatic heterocycles. The van der Waals surface area contributed by atoms with E-state index in [-0.39, 0.29) is 23.4 Å². The van der Waals surface area contributed by atoms with Gasteiger partial charge in [0.2, 0.25) is 0 Å². The summed E-state index contributed by atoms with van der Waals surface area (Å²) in [6, 6.07) is 7.79. The molecule has 0 saturated heterocycles. The van der Waals surface area contributed by atoms with Gasteiger partial charge in [-0.05, 0) is 24.3 Å². The lowest BCUT2D eigenvalue weighted by molar-refractivity contribution is 0.103. The summed E-state index contributed by atoms with van der Waals surface area (Å²) in [4.78, 5) is 20.5. The highest BCUT2D eigenvalue weighted by molar-refractivity contribution is 7.90. The second kappa shape index (κ2) is 8.21. The number of fused-ring (bicyclic) bond motifs is 1. The molecule has 0 bridgehead atoms. The van der Waals surface area contributed by atoms with Crippen molar-refractivity contribution in [2.24, 2.45) is 7.05 Å². The first kappa shape index (κ1) is 21.7. The van der Waals surface area contributed by atoms with Crippen LogP contribution in [0.25, 0.3) is 22.2 Å². The molecule has 4 rings (SSSR count). The van der Waals surface area contributed by atoms with E-state index >= 15 is 4.39 Å². The molecule has 0 fully saturated rings. The number of nitrogens with one attached hydrogen (secondary N) is 2. The van der Waals surface area contributed by atoms with Gasteiger partial charge in [0.1, 0.15) is 5.65 Å². The standard InChI is InChI=1S/C22H22FN5O3S/c1-4-28(3)32(30,31)26-19-7-5-6-16(20(19)23)21(29)18-12-25-22-17(18)10-15(11-24-22)14-8-9-27(2)13-14/h5-13,26H,4H2,1-3H3,(H,24,25). The molecule has 3 heterocycles. The van der Waals surface area contributed by atoms with Crippen molar-refractivity contribution in [2.75, 3.05) is 18.3 Å². The number of rotatable bonds is 7. The van der Waals surface area contributed by atoms with E-state index in [1.54, 1.807) is 13.1 Å². The predicted molar refractivity (Wildman–Crippen MR) is 121 cm³/mol. The molecule has 0 amide bonds. The van der Waals surface area contributed by atoms with Crippen molar-refractivity contribution in [3.8, 4) is 11.1 Å². The number of anilines is 1. The van der Waals surface area contributed by atoms with Gasteiger partial charge in [-0.25, -0.2) is 9.37 Å². The number of aromatic nitrogens is 3. The van der Waals surface area contributed by atoms with Gasteiger partial charge in [-0.2, -0.15) is 12.7 Å². The maximum atomic E-state index is 15.2. The molecule has 4 aromatic rings. The first-order valence-electron chi connectivity index (χ1n) is 9.88. The summed E-state index contributed by atoms with van der Waals surface area (Å²) in [5.41, 5.74) is 1.96. The Morgan fingerprint density at radius 2 is 2.03 bits per heavy atom. The number of benzene rings is 1. The second-order valence-corrected chi connectivity index (χ2v) is 9.18. The average molecular weight is 456 g/mol. The molecular weight excluding hydrogens is 433 g/mol. The van der Waals surface area contributed by atoms with Crippen LogP contribution in [0.2, 0.25) is 0 Å². The van der Waals surface area contributed by atoms with Crippen LogP contribution in [0.5, 0.6) is 0 Å². The molecule has 0 saturated carbocycles. The largest absolute Gasteiger partial charge is 0.357 e. The summed E-state index contributed by atoms with van der Waals surface area (Å²) >= 11 is 0. The van der Waals surface area contributed by atoms with Gasteiger partial charge < -0.3 is 9.55 Å². The Kier molecular flexibility index (Phi) is 5.57. The van der Waals surface area contributed by atoms with Crippen LogP contribution in [0.4, 0.5) is 10.1 Å². The van der Waals surface area contributed by atoms with E-state index in [0.29, 0.717) is 11.0 Å². The third-order valence-corrected chi connectivity index (χ3v) is 6.84. The molecular formula is C22H22FN5O3S. The van der Waals surface area contributed by atoms with Crippen LogP contribution in [0.3, 0.4) is 0 Å².